The maximum Gasteiger partial charge on any atom is 0.334 e. The quantitative estimate of drug-likeness (QED) is 0.564. The summed E-state index contributed by atoms with van der Waals surface area (Å²) in [5.41, 5.74) is 0. The largest absolute Gasteiger partial charge is 0.479 e. The minimum absolute atomic E-state index is 0.0975. The van der Waals surface area contributed by atoms with Gasteiger partial charge in [0, 0.05) is 13.6 Å². The van der Waals surface area contributed by atoms with Crippen molar-refractivity contribution in [3.63, 3.8) is 0 Å². The summed E-state index contributed by atoms with van der Waals surface area (Å²) in [6.07, 6.45) is -1.49. The number of nitrogens with zero attached hydrogens (tertiary/aromatic N) is 1. The van der Waals surface area contributed by atoms with Crippen LogP contribution in [0.5, 0.6) is 0 Å². The minimum atomic E-state index is -1.58. The zero-order chi connectivity index (χ0) is 13.4. The fourth-order valence-corrected chi connectivity index (χ4v) is 0.933. The van der Waals surface area contributed by atoms with Crippen LogP contribution in [0.1, 0.15) is 13.8 Å². The first-order valence-corrected chi connectivity index (χ1v) is 5.36. The highest BCUT2D eigenvalue weighted by Crippen LogP contribution is 1.90. The Balaban J connectivity index is 3.78. The van der Waals surface area contributed by atoms with Gasteiger partial charge in [0.25, 0.3) is 0 Å². The van der Waals surface area contributed by atoms with E-state index in [0.29, 0.717) is 13.2 Å². The molecule has 0 bridgehead atoms. The van der Waals surface area contributed by atoms with Crippen LogP contribution in [0.15, 0.2) is 0 Å². The van der Waals surface area contributed by atoms with Gasteiger partial charge in [0.1, 0.15) is 0 Å². The normalized spacial score (nSPS) is 12.3. The second-order valence-electron chi connectivity index (χ2n) is 3.88. The SMILES string of the molecule is CC(C)OCCN(C)C(=O)NC[C@H](O)C(=O)O. The van der Waals surface area contributed by atoms with E-state index in [9.17, 15) is 9.59 Å². The van der Waals surface area contributed by atoms with Crippen molar-refractivity contribution in [3.8, 4) is 0 Å². The maximum absolute atomic E-state index is 11.4. The van der Waals surface area contributed by atoms with Gasteiger partial charge in [-0.3, -0.25) is 0 Å². The topological polar surface area (TPSA) is 99.1 Å². The lowest BCUT2D eigenvalue weighted by Crippen LogP contribution is -2.43. The van der Waals surface area contributed by atoms with E-state index in [0.717, 1.165) is 0 Å². The lowest BCUT2D eigenvalue weighted by atomic mass is 10.3. The molecule has 100 valence electrons. The zero-order valence-electron chi connectivity index (χ0n) is 10.3. The fraction of sp³-hybridized carbons (Fsp3) is 0.800. The number of carboxylic acid groups (broad SMARTS) is 1. The highest BCUT2D eigenvalue weighted by atomic mass is 16.5. The Kier molecular flexibility index (Phi) is 7.24. The molecule has 0 fully saturated rings. The van der Waals surface area contributed by atoms with Crippen LogP contribution in [0.2, 0.25) is 0 Å². The van der Waals surface area contributed by atoms with E-state index in [2.05, 4.69) is 5.32 Å². The molecule has 0 heterocycles. The summed E-state index contributed by atoms with van der Waals surface area (Å²) in [6, 6.07) is -0.447. The summed E-state index contributed by atoms with van der Waals surface area (Å²) in [4.78, 5) is 23.1. The molecule has 0 aliphatic rings. The number of aliphatic hydroxyl groups is 1. The van der Waals surface area contributed by atoms with E-state index in [1.807, 2.05) is 13.8 Å². The molecule has 0 aliphatic heterocycles. The Hall–Kier alpha value is -1.34. The number of nitrogens with one attached hydrogen (secondary N) is 1. The molecule has 7 heteroatoms. The van der Waals surface area contributed by atoms with Gasteiger partial charge in [-0.15, -0.1) is 0 Å². The highest BCUT2D eigenvalue weighted by molar-refractivity contribution is 5.76. The molecule has 1 atom stereocenters. The van der Waals surface area contributed by atoms with Gasteiger partial charge in [-0.2, -0.15) is 0 Å². The predicted molar refractivity (Wildman–Crippen MR) is 60.8 cm³/mol. The van der Waals surface area contributed by atoms with Gasteiger partial charge in [-0.1, -0.05) is 0 Å². The van der Waals surface area contributed by atoms with Crippen LogP contribution in [-0.2, 0) is 9.53 Å². The number of hydrogen-bond acceptors (Lipinski definition) is 4. The molecule has 0 saturated carbocycles. The second-order valence-corrected chi connectivity index (χ2v) is 3.88. The third kappa shape index (κ3) is 7.53. The van der Waals surface area contributed by atoms with Crippen molar-refractivity contribution in [1.82, 2.24) is 10.2 Å². The highest BCUT2D eigenvalue weighted by Gasteiger charge is 2.15. The van der Waals surface area contributed by atoms with E-state index in [4.69, 9.17) is 14.9 Å². The van der Waals surface area contributed by atoms with Crippen LogP contribution >= 0.6 is 0 Å². The molecule has 0 aromatic carbocycles. The van der Waals surface area contributed by atoms with Crippen molar-refractivity contribution < 1.29 is 24.5 Å². The number of aliphatic hydroxyl groups excluding tert-OH is 1. The van der Waals surface area contributed by atoms with Gasteiger partial charge < -0.3 is 25.2 Å². The van der Waals surface area contributed by atoms with Crippen molar-refractivity contribution in [2.45, 2.75) is 26.1 Å². The summed E-state index contributed by atoms with van der Waals surface area (Å²) in [5, 5.41) is 19.7. The van der Waals surface area contributed by atoms with Crippen LogP contribution in [0.25, 0.3) is 0 Å². The zero-order valence-corrected chi connectivity index (χ0v) is 10.3. The molecule has 0 aliphatic carbocycles. The summed E-state index contributed by atoms with van der Waals surface area (Å²) < 4.78 is 5.26. The minimum Gasteiger partial charge on any atom is -0.479 e. The van der Waals surface area contributed by atoms with Gasteiger partial charge in [-0.05, 0) is 13.8 Å². The summed E-state index contributed by atoms with van der Waals surface area (Å²) in [6.45, 7) is 4.27. The number of likely N-dealkylation sites (N-methyl/N-ethyl adjacent to an activating group) is 1. The van der Waals surface area contributed by atoms with E-state index in [1.54, 1.807) is 7.05 Å². The molecule has 0 rings (SSSR count). The lowest BCUT2D eigenvalue weighted by Gasteiger charge is -2.19. The van der Waals surface area contributed by atoms with Gasteiger partial charge in [0.15, 0.2) is 6.10 Å². The average Bonchev–Trinajstić information content (AvgIpc) is 2.24. The predicted octanol–water partition coefficient (Wildman–Crippen LogP) is -0.502. The van der Waals surface area contributed by atoms with Gasteiger partial charge in [0.2, 0.25) is 0 Å². The molecule has 0 aromatic heterocycles. The van der Waals surface area contributed by atoms with Crippen LogP contribution in [0.3, 0.4) is 0 Å². The summed E-state index contributed by atoms with van der Waals surface area (Å²) in [5.74, 6) is -1.36. The Bertz CT molecular complexity index is 257. The standard InChI is InChI=1S/C10H20N2O5/c1-7(2)17-5-4-12(3)10(16)11-6-8(13)9(14)15/h7-8,13H,4-6H2,1-3H3,(H,11,16)(H,14,15)/t8-/m0/s1. The number of carbonyl (C=O) groups is 2. The number of amides is 2. The van der Waals surface area contributed by atoms with E-state index >= 15 is 0 Å². The maximum atomic E-state index is 11.4. The Labute approximate surface area is 100 Å². The first-order chi connectivity index (χ1) is 7.84. The van der Waals surface area contributed by atoms with Gasteiger partial charge >= 0.3 is 12.0 Å². The number of rotatable bonds is 7. The van der Waals surface area contributed by atoms with Crippen molar-refractivity contribution in [1.29, 1.82) is 0 Å². The van der Waals surface area contributed by atoms with Crippen molar-refractivity contribution >= 4 is 12.0 Å². The number of ether oxygens (including phenoxy) is 1. The first kappa shape index (κ1) is 15.7. The second kappa shape index (κ2) is 7.86. The van der Waals surface area contributed by atoms with Gasteiger partial charge in [-0.25, -0.2) is 9.59 Å². The van der Waals surface area contributed by atoms with E-state index < -0.39 is 18.1 Å². The number of carboxylic acids is 1. The molecule has 0 unspecified atom stereocenters. The average molecular weight is 248 g/mol. The smallest absolute Gasteiger partial charge is 0.334 e. The number of hydrogen-bond donors (Lipinski definition) is 3. The molecule has 17 heavy (non-hydrogen) atoms. The van der Waals surface area contributed by atoms with Crippen LogP contribution in [0, 0.1) is 0 Å². The lowest BCUT2D eigenvalue weighted by molar-refractivity contribution is -0.146. The van der Waals surface area contributed by atoms with Crippen molar-refractivity contribution in [2.75, 3.05) is 26.7 Å². The van der Waals surface area contributed by atoms with E-state index in [1.165, 1.54) is 4.90 Å². The van der Waals surface area contributed by atoms with Crippen molar-refractivity contribution in [2.24, 2.45) is 0 Å². The van der Waals surface area contributed by atoms with Crippen LogP contribution in [0.4, 0.5) is 4.79 Å². The van der Waals surface area contributed by atoms with E-state index in [-0.39, 0.29) is 12.6 Å². The van der Waals surface area contributed by atoms with Gasteiger partial charge in [0.05, 0.1) is 19.3 Å². The van der Waals surface area contributed by atoms with Crippen molar-refractivity contribution in [3.05, 3.63) is 0 Å². The monoisotopic (exact) mass is 248 g/mol. The Morgan fingerprint density at radius 2 is 2.00 bits per heavy atom. The molecule has 0 saturated heterocycles. The first-order valence-electron chi connectivity index (χ1n) is 5.36. The van der Waals surface area contributed by atoms with Crippen LogP contribution < -0.4 is 5.32 Å². The number of carbonyl (C=O) groups excluding carboxylic acids is 1. The third-order valence-corrected chi connectivity index (χ3v) is 1.96. The molecule has 3 N–H and O–H groups in total. The Morgan fingerprint density at radius 3 is 2.47 bits per heavy atom. The molecular weight excluding hydrogens is 228 g/mol. The molecule has 7 nitrogen and oxygen atoms in total. The number of urea groups is 1. The molecule has 0 spiro atoms. The summed E-state index contributed by atoms with van der Waals surface area (Å²) >= 11 is 0. The fourth-order valence-electron chi connectivity index (χ4n) is 0.933. The Morgan fingerprint density at radius 1 is 1.41 bits per heavy atom. The molecule has 0 radical (unpaired) electrons. The molecule has 2 amide bonds. The molecular formula is C10H20N2O5. The third-order valence-electron chi connectivity index (χ3n) is 1.96. The summed E-state index contributed by atoms with van der Waals surface area (Å²) in [7, 11) is 1.56. The molecule has 0 aromatic rings. The number of aliphatic carboxylic acids is 1. The van der Waals surface area contributed by atoms with Crippen LogP contribution in [-0.4, -0.2) is 66.1 Å².